The smallest absolute Gasteiger partial charge is 0.300 e. The number of methoxy groups -OCH3 is 1. The van der Waals surface area contributed by atoms with Crippen molar-refractivity contribution in [1.29, 1.82) is 0 Å². The molecule has 1 fully saturated rings. The second-order valence-corrected chi connectivity index (χ2v) is 7.73. The van der Waals surface area contributed by atoms with Crippen LogP contribution in [0.4, 0.5) is 5.69 Å². The van der Waals surface area contributed by atoms with Gasteiger partial charge in [0.25, 0.3) is 11.7 Å². The molecule has 6 heteroatoms. The van der Waals surface area contributed by atoms with Crippen LogP contribution in [0.15, 0.2) is 71.6 Å². The fraction of sp³-hybridized carbons (Fsp3) is 0.130. The molecule has 0 bridgehead atoms. The van der Waals surface area contributed by atoms with E-state index in [1.807, 2.05) is 48.7 Å². The van der Waals surface area contributed by atoms with Crippen LogP contribution in [0.2, 0.25) is 0 Å². The SMILES string of the molecule is COc1ccc(/C(O)=C2/C(=O)C(=O)N(c3ccc(C)cc3)C2c2cccs2)cc1. The van der Waals surface area contributed by atoms with Crippen molar-refractivity contribution in [2.24, 2.45) is 0 Å². The highest BCUT2D eigenvalue weighted by Crippen LogP contribution is 2.43. The molecule has 29 heavy (non-hydrogen) atoms. The molecule has 0 radical (unpaired) electrons. The number of aliphatic hydroxyl groups excluding tert-OH is 1. The number of carbonyl (C=O) groups is 2. The number of rotatable bonds is 4. The van der Waals surface area contributed by atoms with Crippen LogP contribution in [-0.4, -0.2) is 23.9 Å². The van der Waals surface area contributed by atoms with Crippen LogP contribution in [0.3, 0.4) is 0 Å². The predicted molar refractivity (Wildman–Crippen MR) is 113 cm³/mol. The molecule has 146 valence electrons. The van der Waals surface area contributed by atoms with E-state index in [2.05, 4.69) is 0 Å². The van der Waals surface area contributed by atoms with Crippen LogP contribution in [0, 0.1) is 6.92 Å². The van der Waals surface area contributed by atoms with E-state index in [0.717, 1.165) is 10.4 Å². The van der Waals surface area contributed by atoms with Crippen LogP contribution in [0.1, 0.15) is 22.0 Å². The van der Waals surface area contributed by atoms with Crippen molar-refractivity contribution in [1.82, 2.24) is 0 Å². The molecule has 1 aliphatic heterocycles. The molecule has 1 aliphatic rings. The average Bonchev–Trinajstić information content (AvgIpc) is 3.36. The number of benzene rings is 2. The lowest BCUT2D eigenvalue weighted by atomic mass is 9.99. The highest BCUT2D eigenvalue weighted by atomic mass is 32.1. The molecule has 1 N–H and O–H groups in total. The van der Waals surface area contributed by atoms with Gasteiger partial charge in [-0.2, -0.15) is 0 Å². The number of carbonyl (C=O) groups excluding carboxylic acids is 2. The standard InChI is InChI=1S/C23H19NO4S/c1-14-5-9-16(10-6-14)24-20(18-4-3-13-29-18)19(22(26)23(24)27)21(25)15-7-11-17(28-2)12-8-15/h3-13,20,25H,1-2H3/b21-19-. The number of thiophene rings is 1. The van der Waals surface area contributed by atoms with Gasteiger partial charge in [-0.15, -0.1) is 11.3 Å². The normalized spacial score (nSPS) is 18.3. The van der Waals surface area contributed by atoms with Gasteiger partial charge in [0.2, 0.25) is 0 Å². The Hall–Kier alpha value is -3.38. The molecular weight excluding hydrogens is 386 g/mol. The number of ether oxygens (including phenoxy) is 1. The molecule has 2 aromatic carbocycles. The van der Waals surface area contributed by atoms with E-state index in [9.17, 15) is 14.7 Å². The maximum atomic E-state index is 13.0. The number of amides is 1. The molecule has 1 atom stereocenters. The highest BCUT2D eigenvalue weighted by Gasteiger charge is 2.47. The minimum absolute atomic E-state index is 0.0863. The third kappa shape index (κ3) is 3.32. The first-order valence-corrected chi connectivity index (χ1v) is 9.94. The summed E-state index contributed by atoms with van der Waals surface area (Å²) in [5.74, 6) is -0.907. The largest absolute Gasteiger partial charge is 0.507 e. The van der Waals surface area contributed by atoms with Gasteiger partial charge in [0.1, 0.15) is 17.6 Å². The van der Waals surface area contributed by atoms with Gasteiger partial charge < -0.3 is 9.84 Å². The van der Waals surface area contributed by atoms with Gasteiger partial charge in [0.15, 0.2) is 0 Å². The van der Waals surface area contributed by atoms with Gasteiger partial charge in [-0.1, -0.05) is 23.8 Å². The topological polar surface area (TPSA) is 66.8 Å². The maximum absolute atomic E-state index is 13.0. The highest BCUT2D eigenvalue weighted by molar-refractivity contribution is 7.10. The van der Waals surface area contributed by atoms with E-state index in [0.29, 0.717) is 17.0 Å². The molecule has 0 aliphatic carbocycles. The summed E-state index contributed by atoms with van der Waals surface area (Å²) in [6, 6.07) is 17.2. The number of aryl methyl sites for hydroxylation is 1. The molecule has 0 spiro atoms. The zero-order chi connectivity index (χ0) is 20.5. The molecule has 0 saturated carbocycles. The summed E-state index contributed by atoms with van der Waals surface area (Å²) >= 11 is 1.44. The molecule has 5 nitrogen and oxygen atoms in total. The van der Waals surface area contributed by atoms with Crippen LogP contribution in [0.25, 0.3) is 5.76 Å². The molecule has 3 aromatic rings. The first-order valence-electron chi connectivity index (χ1n) is 9.06. The van der Waals surface area contributed by atoms with E-state index in [1.54, 1.807) is 31.4 Å². The Morgan fingerprint density at radius 1 is 1.03 bits per heavy atom. The van der Waals surface area contributed by atoms with E-state index < -0.39 is 17.7 Å². The van der Waals surface area contributed by atoms with E-state index in [-0.39, 0.29) is 11.3 Å². The molecule has 1 saturated heterocycles. The average molecular weight is 405 g/mol. The summed E-state index contributed by atoms with van der Waals surface area (Å²) < 4.78 is 5.15. The van der Waals surface area contributed by atoms with E-state index in [4.69, 9.17) is 4.74 Å². The molecule has 1 unspecified atom stereocenters. The number of Topliss-reactive ketones (excluding diaryl/α,β-unsaturated/α-hetero) is 1. The zero-order valence-corrected chi connectivity index (χ0v) is 16.8. The van der Waals surface area contributed by atoms with Crippen LogP contribution in [0.5, 0.6) is 5.75 Å². The minimum atomic E-state index is -0.697. The van der Waals surface area contributed by atoms with Gasteiger partial charge in [0, 0.05) is 16.1 Å². The monoisotopic (exact) mass is 405 g/mol. The zero-order valence-electron chi connectivity index (χ0n) is 16.0. The number of hydrogen-bond acceptors (Lipinski definition) is 5. The first-order chi connectivity index (χ1) is 14.0. The van der Waals surface area contributed by atoms with Gasteiger partial charge in [-0.3, -0.25) is 14.5 Å². The second kappa shape index (κ2) is 7.56. The Kier molecular flexibility index (Phi) is 4.94. The van der Waals surface area contributed by atoms with Crippen molar-refractivity contribution >= 4 is 34.5 Å². The summed E-state index contributed by atoms with van der Waals surface area (Å²) in [5, 5.41) is 12.9. The number of aliphatic hydroxyl groups is 1. The Morgan fingerprint density at radius 3 is 2.31 bits per heavy atom. The van der Waals surface area contributed by atoms with Gasteiger partial charge >= 0.3 is 0 Å². The van der Waals surface area contributed by atoms with Crippen LogP contribution >= 0.6 is 11.3 Å². The maximum Gasteiger partial charge on any atom is 0.300 e. The quantitative estimate of drug-likeness (QED) is 0.388. The number of nitrogens with zero attached hydrogens (tertiary/aromatic N) is 1. The van der Waals surface area contributed by atoms with Gasteiger partial charge in [-0.25, -0.2) is 0 Å². The van der Waals surface area contributed by atoms with Crippen molar-refractivity contribution < 1.29 is 19.4 Å². The third-order valence-corrected chi connectivity index (χ3v) is 5.86. The molecular formula is C23H19NO4S. The van der Waals surface area contributed by atoms with Gasteiger partial charge in [0.05, 0.1) is 12.7 Å². The summed E-state index contributed by atoms with van der Waals surface area (Å²) in [5.41, 5.74) is 2.21. The Morgan fingerprint density at radius 2 is 1.72 bits per heavy atom. The predicted octanol–water partition coefficient (Wildman–Crippen LogP) is 4.69. The lowest BCUT2D eigenvalue weighted by Gasteiger charge is -2.24. The van der Waals surface area contributed by atoms with Crippen molar-refractivity contribution in [2.45, 2.75) is 13.0 Å². The summed E-state index contributed by atoms with van der Waals surface area (Å²) in [6.07, 6.45) is 0. The number of hydrogen-bond donors (Lipinski definition) is 1. The van der Waals surface area contributed by atoms with E-state index in [1.165, 1.54) is 16.2 Å². The Bertz CT molecular complexity index is 1080. The van der Waals surface area contributed by atoms with E-state index >= 15 is 0 Å². The van der Waals surface area contributed by atoms with Gasteiger partial charge in [-0.05, 0) is 54.8 Å². The third-order valence-electron chi connectivity index (χ3n) is 4.93. The summed E-state index contributed by atoms with van der Waals surface area (Å²) in [7, 11) is 1.55. The van der Waals surface area contributed by atoms with Crippen LogP contribution in [-0.2, 0) is 9.59 Å². The molecule has 4 rings (SSSR count). The number of anilines is 1. The molecule has 2 heterocycles. The second-order valence-electron chi connectivity index (χ2n) is 6.75. The Balaban J connectivity index is 1.88. The van der Waals surface area contributed by atoms with Crippen molar-refractivity contribution in [2.75, 3.05) is 12.0 Å². The fourth-order valence-corrected chi connectivity index (χ4v) is 4.25. The van der Waals surface area contributed by atoms with Crippen molar-refractivity contribution in [3.05, 3.63) is 87.6 Å². The van der Waals surface area contributed by atoms with Crippen LogP contribution < -0.4 is 9.64 Å². The fourth-order valence-electron chi connectivity index (χ4n) is 3.42. The van der Waals surface area contributed by atoms with Crippen molar-refractivity contribution in [3.63, 3.8) is 0 Å². The first kappa shape index (κ1) is 19.0. The Labute approximate surface area is 172 Å². The lowest BCUT2D eigenvalue weighted by Crippen LogP contribution is -2.29. The minimum Gasteiger partial charge on any atom is -0.507 e. The number of ketones is 1. The molecule has 1 amide bonds. The van der Waals surface area contributed by atoms with Crippen molar-refractivity contribution in [3.8, 4) is 5.75 Å². The summed E-state index contributed by atoms with van der Waals surface area (Å²) in [4.78, 5) is 28.2. The lowest BCUT2D eigenvalue weighted by molar-refractivity contribution is -0.132. The molecule has 1 aromatic heterocycles. The summed E-state index contributed by atoms with van der Waals surface area (Å²) in [6.45, 7) is 1.96.